The summed E-state index contributed by atoms with van der Waals surface area (Å²) in [5.41, 5.74) is 5.97. The third kappa shape index (κ3) is 7.07. The molecule has 2 aliphatic heterocycles. The van der Waals surface area contributed by atoms with Crippen LogP contribution < -0.4 is 14.8 Å². The number of piperazine rings is 1. The predicted octanol–water partition coefficient (Wildman–Crippen LogP) is 4.49. The van der Waals surface area contributed by atoms with Crippen LogP contribution in [-0.2, 0) is 23.2 Å². The summed E-state index contributed by atoms with van der Waals surface area (Å²) in [6, 6.07) is 20.6. The smallest absolute Gasteiger partial charge is 0.254 e. The van der Waals surface area contributed by atoms with Crippen LogP contribution in [-0.4, -0.2) is 95.6 Å². The fraction of sp³-hybridized carbons (Fsp3) is 0.395. The molecule has 0 spiro atoms. The molecule has 11 heteroatoms. The Labute approximate surface area is 287 Å². The first kappa shape index (κ1) is 33.9. The van der Waals surface area contributed by atoms with Gasteiger partial charge in [-0.3, -0.25) is 14.3 Å². The molecule has 0 radical (unpaired) electrons. The molecule has 2 aromatic carbocycles. The molecule has 0 bridgehead atoms. The van der Waals surface area contributed by atoms with Crippen molar-refractivity contribution in [2.45, 2.75) is 34.3 Å². The van der Waals surface area contributed by atoms with Gasteiger partial charge in [0.05, 0.1) is 18.9 Å². The Kier molecular flexibility index (Phi) is 10.4. The average molecular weight is 665 g/mol. The maximum Gasteiger partial charge on any atom is 0.254 e. The molecule has 0 saturated carbocycles. The van der Waals surface area contributed by atoms with E-state index in [1.165, 1.54) is 0 Å². The fourth-order valence-corrected chi connectivity index (χ4v) is 6.74. The molecule has 6 rings (SSSR count). The molecule has 11 nitrogen and oxygen atoms in total. The average Bonchev–Trinajstić information content (AvgIpc) is 3.55. The van der Waals surface area contributed by atoms with Gasteiger partial charge in [0, 0.05) is 86.2 Å². The molecule has 3 aliphatic rings. The second kappa shape index (κ2) is 15.0. The van der Waals surface area contributed by atoms with Gasteiger partial charge < -0.3 is 23.9 Å². The quantitative estimate of drug-likeness (QED) is 0.152. The number of hydrogen-bond acceptors (Lipinski definition) is 7. The van der Waals surface area contributed by atoms with Crippen molar-refractivity contribution >= 4 is 28.5 Å². The van der Waals surface area contributed by atoms with E-state index < -0.39 is 0 Å². The topological polar surface area (TPSA) is 100.0 Å². The number of carbonyl (C=O) groups is 2. The van der Waals surface area contributed by atoms with Gasteiger partial charge in [-0.15, -0.1) is 5.10 Å². The van der Waals surface area contributed by atoms with Crippen LogP contribution in [0.15, 0.2) is 71.3 Å². The van der Waals surface area contributed by atoms with Crippen molar-refractivity contribution in [2.24, 2.45) is 7.05 Å². The summed E-state index contributed by atoms with van der Waals surface area (Å²) in [6.07, 6.45) is 1.76. The van der Waals surface area contributed by atoms with E-state index in [9.17, 15) is 9.59 Å². The van der Waals surface area contributed by atoms with Crippen LogP contribution in [0.4, 0.5) is 5.69 Å². The van der Waals surface area contributed by atoms with E-state index in [4.69, 9.17) is 9.15 Å². The SMILES string of the molecule is CCN(CC)c1ccc2c(-c3ccccc3C(=O)N3CCN(C(=O)COCc4cn(C)nn4)CC3)c3ccc(=[N+](CC)CC)cc-3oc2c1. The number of anilines is 1. The van der Waals surface area contributed by atoms with E-state index in [-0.39, 0.29) is 25.0 Å². The summed E-state index contributed by atoms with van der Waals surface area (Å²) in [5.74, 6) is 0.623. The zero-order valence-electron chi connectivity index (χ0n) is 29.2. The van der Waals surface area contributed by atoms with Crippen molar-refractivity contribution in [1.29, 1.82) is 0 Å². The lowest BCUT2D eigenvalue weighted by molar-refractivity contribution is -0.138. The van der Waals surface area contributed by atoms with E-state index in [1.54, 1.807) is 22.8 Å². The summed E-state index contributed by atoms with van der Waals surface area (Å²) >= 11 is 0. The number of amides is 2. The number of carbonyl (C=O) groups excluding carboxylic acids is 2. The number of benzene rings is 3. The molecule has 3 aromatic rings. The molecular weight excluding hydrogens is 618 g/mol. The maximum atomic E-state index is 14.3. The minimum atomic E-state index is -0.101. The van der Waals surface area contributed by atoms with Crippen LogP contribution in [0.25, 0.3) is 33.4 Å². The minimum Gasteiger partial charge on any atom is -0.456 e. The molecule has 256 valence electrons. The molecule has 1 fully saturated rings. The first-order valence-electron chi connectivity index (χ1n) is 17.3. The van der Waals surface area contributed by atoms with Gasteiger partial charge in [0.15, 0.2) is 0 Å². The molecule has 49 heavy (non-hydrogen) atoms. The first-order valence-corrected chi connectivity index (χ1v) is 17.3. The van der Waals surface area contributed by atoms with Gasteiger partial charge in [0.1, 0.15) is 36.7 Å². The third-order valence-corrected chi connectivity index (χ3v) is 9.42. The van der Waals surface area contributed by atoms with Gasteiger partial charge >= 0.3 is 0 Å². The Morgan fingerprint density at radius 1 is 0.898 bits per heavy atom. The van der Waals surface area contributed by atoms with Crippen LogP contribution in [0.3, 0.4) is 0 Å². The van der Waals surface area contributed by atoms with Crippen LogP contribution in [0.2, 0.25) is 0 Å². The molecular formula is C38H46N7O4+. The Balaban J connectivity index is 1.31. The third-order valence-electron chi connectivity index (χ3n) is 9.42. The Morgan fingerprint density at radius 3 is 2.33 bits per heavy atom. The van der Waals surface area contributed by atoms with E-state index in [1.807, 2.05) is 29.2 Å². The lowest BCUT2D eigenvalue weighted by atomic mass is 9.90. The zero-order chi connectivity index (χ0) is 34.5. The Morgan fingerprint density at radius 2 is 1.63 bits per heavy atom. The summed E-state index contributed by atoms with van der Waals surface area (Å²) in [7, 11) is 1.78. The number of nitrogens with zero attached hydrogens (tertiary/aromatic N) is 7. The molecule has 0 atom stereocenters. The van der Waals surface area contributed by atoms with Gasteiger partial charge in [0.2, 0.25) is 11.3 Å². The van der Waals surface area contributed by atoms with Crippen molar-refractivity contribution in [2.75, 3.05) is 63.9 Å². The number of ether oxygens (including phenoxy) is 1. The van der Waals surface area contributed by atoms with Gasteiger partial charge in [0.25, 0.3) is 5.91 Å². The number of fused-ring (bicyclic) bond motifs is 2. The molecule has 1 aliphatic carbocycles. The second-order valence-corrected chi connectivity index (χ2v) is 12.3. The van der Waals surface area contributed by atoms with Crippen molar-refractivity contribution in [3.8, 4) is 22.5 Å². The Bertz CT molecular complexity index is 1980. The molecule has 1 saturated heterocycles. The van der Waals surface area contributed by atoms with E-state index in [2.05, 4.69) is 83.9 Å². The van der Waals surface area contributed by atoms with Gasteiger partial charge in [-0.2, -0.15) is 0 Å². The van der Waals surface area contributed by atoms with E-state index in [0.717, 1.165) is 70.6 Å². The zero-order valence-corrected chi connectivity index (χ0v) is 29.2. The lowest BCUT2D eigenvalue weighted by Gasteiger charge is -2.35. The standard InChI is InChI=1S/C38H46N7O4/c1-6-42(7-2)28-14-16-32-34(22-28)49-35-23-29(43(8-3)9-4)15-17-33(35)37(32)30-12-10-11-13-31(30)38(47)45-20-18-44(19-21-45)36(46)26-48-25-27-24-41(5)40-39-27/h10-17,22-24H,6-9,18-21,25-26H2,1-5H3/q+1. The van der Waals surface area contributed by atoms with Gasteiger partial charge in [-0.1, -0.05) is 23.4 Å². The summed E-state index contributed by atoms with van der Waals surface area (Å²) in [6.45, 7) is 14.1. The number of hydrogen-bond donors (Lipinski definition) is 0. The Hall–Kier alpha value is -5.03. The predicted molar refractivity (Wildman–Crippen MR) is 191 cm³/mol. The van der Waals surface area contributed by atoms with Gasteiger partial charge in [-0.05, 0) is 57.5 Å². The minimum absolute atomic E-state index is 0.0431. The summed E-state index contributed by atoms with van der Waals surface area (Å²) in [5, 5.41) is 9.93. The van der Waals surface area contributed by atoms with Crippen molar-refractivity contribution in [3.05, 3.63) is 83.5 Å². The summed E-state index contributed by atoms with van der Waals surface area (Å²) in [4.78, 5) is 33.0. The number of aromatic nitrogens is 3. The van der Waals surface area contributed by atoms with E-state index in [0.29, 0.717) is 37.4 Å². The first-order chi connectivity index (χ1) is 23.8. The highest BCUT2D eigenvalue weighted by Gasteiger charge is 2.28. The van der Waals surface area contributed by atoms with Crippen molar-refractivity contribution in [3.63, 3.8) is 0 Å². The molecule has 0 N–H and O–H groups in total. The highest BCUT2D eigenvalue weighted by molar-refractivity contribution is 6.09. The second-order valence-electron chi connectivity index (χ2n) is 12.3. The monoisotopic (exact) mass is 664 g/mol. The van der Waals surface area contributed by atoms with Crippen molar-refractivity contribution < 1.29 is 18.7 Å². The lowest BCUT2D eigenvalue weighted by Crippen LogP contribution is -2.51. The normalized spacial score (nSPS) is 13.3. The number of rotatable bonds is 11. The maximum absolute atomic E-state index is 14.3. The molecule has 2 amide bonds. The number of aryl methyl sites for hydroxylation is 1. The molecule has 0 unspecified atom stereocenters. The van der Waals surface area contributed by atoms with E-state index >= 15 is 0 Å². The van der Waals surface area contributed by atoms with Gasteiger partial charge in [-0.25, -0.2) is 4.58 Å². The molecule has 3 heterocycles. The van der Waals surface area contributed by atoms with Crippen LogP contribution in [0.1, 0.15) is 43.7 Å². The van der Waals surface area contributed by atoms with Crippen LogP contribution in [0.5, 0.6) is 0 Å². The van der Waals surface area contributed by atoms with Crippen LogP contribution >= 0.6 is 0 Å². The van der Waals surface area contributed by atoms with Crippen molar-refractivity contribution in [1.82, 2.24) is 29.4 Å². The highest BCUT2D eigenvalue weighted by atomic mass is 16.5. The fourth-order valence-electron chi connectivity index (χ4n) is 6.74. The highest BCUT2D eigenvalue weighted by Crippen LogP contribution is 2.42. The van der Waals surface area contributed by atoms with Crippen LogP contribution in [0, 0.1) is 0 Å². The largest absolute Gasteiger partial charge is 0.456 e. The molecule has 1 aromatic heterocycles. The summed E-state index contributed by atoms with van der Waals surface area (Å²) < 4.78 is 16.2.